The molecule has 0 saturated heterocycles. The van der Waals surface area contributed by atoms with Crippen LogP contribution in [0.15, 0.2) is 24.3 Å². The molecule has 0 amide bonds. The first-order chi connectivity index (χ1) is 10.2. The first-order valence-corrected chi connectivity index (χ1v) is 8.75. The SMILES string of the molecule is CCNC1CC(C)CC(C)C1CN1CCc2ccccc21. The minimum absolute atomic E-state index is 0.696. The Kier molecular flexibility index (Phi) is 4.54. The summed E-state index contributed by atoms with van der Waals surface area (Å²) in [6.07, 6.45) is 3.96. The van der Waals surface area contributed by atoms with Gasteiger partial charge in [0, 0.05) is 24.8 Å². The third kappa shape index (κ3) is 3.11. The van der Waals surface area contributed by atoms with Gasteiger partial charge in [0.25, 0.3) is 0 Å². The summed E-state index contributed by atoms with van der Waals surface area (Å²) < 4.78 is 0. The highest BCUT2D eigenvalue weighted by Gasteiger charge is 2.35. The van der Waals surface area contributed by atoms with Gasteiger partial charge >= 0.3 is 0 Å². The van der Waals surface area contributed by atoms with Crippen LogP contribution in [0.3, 0.4) is 0 Å². The molecule has 21 heavy (non-hydrogen) atoms. The highest BCUT2D eigenvalue weighted by molar-refractivity contribution is 5.57. The first kappa shape index (κ1) is 14.9. The van der Waals surface area contributed by atoms with E-state index in [-0.39, 0.29) is 0 Å². The van der Waals surface area contributed by atoms with E-state index in [4.69, 9.17) is 0 Å². The lowest BCUT2D eigenvalue weighted by atomic mass is 9.72. The average molecular weight is 286 g/mol. The van der Waals surface area contributed by atoms with Gasteiger partial charge in [0.2, 0.25) is 0 Å². The molecule has 1 aromatic rings. The molecule has 2 heteroatoms. The molecule has 1 fully saturated rings. The minimum Gasteiger partial charge on any atom is -0.371 e. The first-order valence-electron chi connectivity index (χ1n) is 8.75. The Morgan fingerprint density at radius 2 is 2.00 bits per heavy atom. The van der Waals surface area contributed by atoms with Crippen LogP contribution in [0.1, 0.15) is 39.2 Å². The molecular formula is C19H30N2. The van der Waals surface area contributed by atoms with E-state index in [0.717, 1.165) is 24.3 Å². The van der Waals surface area contributed by atoms with Gasteiger partial charge in [-0.3, -0.25) is 0 Å². The molecule has 2 nitrogen and oxygen atoms in total. The molecule has 2 aliphatic rings. The molecule has 3 rings (SSSR count). The van der Waals surface area contributed by atoms with Crippen LogP contribution in [-0.2, 0) is 6.42 Å². The van der Waals surface area contributed by atoms with Crippen LogP contribution in [0, 0.1) is 17.8 Å². The summed E-state index contributed by atoms with van der Waals surface area (Å²) in [5.41, 5.74) is 3.02. The van der Waals surface area contributed by atoms with Crippen LogP contribution in [0.5, 0.6) is 0 Å². The van der Waals surface area contributed by atoms with Crippen LogP contribution in [0.4, 0.5) is 5.69 Å². The maximum atomic E-state index is 3.77. The number of para-hydroxylation sites is 1. The molecule has 0 radical (unpaired) electrons. The topological polar surface area (TPSA) is 15.3 Å². The summed E-state index contributed by atoms with van der Waals surface area (Å²) in [5, 5.41) is 3.77. The predicted octanol–water partition coefficient (Wildman–Crippen LogP) is 3.71. The van der Waals surface area contributed by atoms with Crippen molar-refractivity contribution in [2.45, 2.75) is 46.1 Å². The summed E-state index contributed by atoms with van der Waals surface area (Å²) in [4.78, 5) is 2.64. The van der Waals surface area contributed by atoms with Crippen molar-refractivity contribution in [2.75, 3.05) is 24.5 Å². The molecular weight excluding hydrogens is 256 g/mol. The zero-order valence-electron chi connectivity index (χ0n) is 13.8. The molecule has 0 aromatic heterocycles. The Labute approximate surface area is 129 Å². The highest BCUT2D eigenvalue weighted by atomic mass is 15.2. The van der Waals surface area contributed by atoms with Crippen molar-refractivity contribution in [1.82, 2.24) is 5.32 Å². The Morgan fingerprint density at radius 3 is 2.81 bits per heavy atom. The van der Waals surface area contributed by atoms with E-state index in [2.05, 4.69) is 55.3 Å². The number of fused-ring (bicyclic) bond motifs is 1. The lowest BCUT2D eigenvalue weighted by Crippen LogP contribution is -2.49. The van der Waals surface area contributed by atoms with Crippen molar-refractivity contribution >= 4 is 5.69 Å². The van der Waals surface area contributed by atoms with Crippen LogP contribution in [0.2, 0.25) is 0 Å². The number of nitrogens with one attached hydrogen (secondary N) is 1. The van der Waals surface area contributed by atoms with E-state index in [0.29, 0.717) is 6.04 Å². The molecule has 1 N–H and O–H groups in total. The number of nitrogens with zero attached hydrogens (tertiary/aromatic N) is 1. The van der Waals surface area contributed by atoms with E-state index in [1.807, 2.05) is 0 Å². The second-order valence-corrected chi connectivity index (χ2v) is 7.21. The van der Waals surface area contributed by atoms with Gasteiger partial charge in [0.1, 0.15) is 0 Å². The Bertz CT molecular complexity index is 470. The summed E-state index contributed by atoms with van der Waals surface area (Å²) in [6.45, 7) is 10.7. The minimum atomic E-state index is 0.696. The van der Waals surface area contributed by atoms with Crippen molar-refractivity contribution in [3.05, 3.63) is 29.8 Å². The van der Waals surface area contributed by atoms with Crippen molar-refractivity contribution < 1.29 is 0 Å². The number of hydrogen-bond donors (Lipinski definition) is 1. The van der Waals surface area contributed by atoms with Gasteiger partial charge in [0.05, 0.1) is 0 Å². The molecule has 0 bridgehead atoms. The number of hydrogen-bond acceptors (Lipinski definition) is 2. The van der Waals surface area contributed by atoms with E-state index in [1.165, 1.54) is 43.6 Å². The van der Waals surface area contributed by atoms with Crippen LogP contribution < -0.4 is 10.2 Å². The molecule has 1 saturated carbocycles. The van der Waals surface area contributed by atoms with Crippen molar-refractivity contribution in [2.24, 2.45) is 17.8 Å². The molecule has 1 aliphatic heterocycles. The lowest BCUT2D eigenvalue weighted by molar-refractivity contribution is 0.153. The van der Waals surface area contributed by atoms with Crippen molar-refractivity contribution in [1.29, 1.82) is 0 Å². The van der Waals surface area contributed by atoms with E-state index >= 15 is 0 Å². The van der Waals surface area contributed by atoms with Crippen molar-refractivity contribution in [3.8, 4) is 0 Å². The monoisotopic (exact) mass is 286 g/mol. The molecule has 0 spiro atoms. The van der Waals surface area contributed by atoms with Gasteiger partial charge in [0.15, 0.2) is 0 Å². The summed E-state index contributed by atoms with van der Waals surface area (Å²) in [6, 6.07) is 9.66. The van der Waals surface area contributed by atoms with Gasteiger partial charge in [-0.25, -0.2) is 0 Å². The van der Waals surface area contributed by atoms with E-state index < -0.39 is 0 Å². The van der Waals surface area contributed by atoms with Crippen molar-refractivity contribution in [3.63, 3.8) is 0 Å². The second kappa shape index (κ2) is 6.39. The predicted molar refractivity (Wildman–Crippen MR) is 90.9 cm³/mol. The van der Waals surface area contributed by atoms with Crippen LogP contribution in [-0.4, -0.2) is 25.7 Å². The molecule has 1 heterocycles. The number of benzene rings is 1. The molecule has 4 atom stereocenters. The maximum Gasteiger partial charge on any atom is 0.0399 e. The summed E-state index contributed by atoms with van der Waals surface area (Å²) >= 11 is 0. The highest BCUT2D eigenvalue weighted by Crippen LogP contribution is 2.36. The Hall–Kier alpha value is -1.02. The van der Waals surface area contributed by atoms with E-state index in [1.54, 1.807) is 0 Å². The molecule has 1 aromatic carbocycles. The fourth-order valence-corrected chi connectivity index (χ4v) is 4.57. The van der Waals surface area contributed by atoms with Gasteiger partial charge in [-0.15, -0.1) is 0 Å². The smallest absolute Gasteiger partial charge is 0.0399 e. The third-order valence-electron chi connectivity index (χ3n) is 5.56. The number of rotatable bonds is 4. The summed E-state index contributed by atoms with van der Waals surface area (Å²) in [7, 11) is 0. The zero-order valence-corrected chi connectivity index (χ0v) is 13.8. The lowest BCUT2D eigenvalue weighted by Gasteiger charge is -2.42. The number of anilines is 1. The molecule has 4 unspecified atom stereocenters. The van der Waals surface area contributed by atoms with Gasteiger partial charge < -0.3 is 10.2 Å². The molecule has 1 aliphatic carbocycles. The van der Waals surface area contributed by atoms with E-state index in [9.17, 15) is 0 Å². The Morgan fingerprint density at radius 1 is 1.19 bits per heavy atom. The standard InChI is InChI=1S/C19H30N2/c1-4-20-18-12-14(2)11-15(3)17(18)13-21-10-9-16-7-5-6-8-19(16)21/h5-8,14-15,17-18,20H,4,9-13H2,1-3H3. The van der Waals surface area contributed by atoms with Gasteiger partial charge in [-0.05, 0) is 55.2 Å². The average Bonchev–Trinajstić information content (AvgIpc) is 2.86. The normalized spacial score (nSPS) is 32.2. The zero-order chi connectivity index (χ0) is 14.8. The summed E-state index contributed by atoms with van der Waals surface area (Å²) in [5.74, 6) is 2.48. The Balaban J connectivity index is 1.73. The second-order valence-electron chi connectivity index (χ2n) is 7.21. The molecule has 116 valence electrons. The fraction of sp³-hybridized carbons (Fsp3) is 0.684. The largest absolute Gasteiger partial charge is 0.371 e. The third-order valence-corrected chi connectivity index (χ3v) is 5.56. The van der Waals surface area contributed by atoms with Gasteiger partial charge in [-0.2, -0.15) is 0 Å². The van der Waals surface area contributed by atoms with Crippen LogP contribution >= 0.6 is 0 Å². The fourth-order valence-electron chi connectivity index (χ4n) is 4.57. The quantitative estimate of drug-likeness (QED) is 0.907. The van der Waals surface area contributed by atoms with Gasteiger partial charge in [-0.1, -0.05) is 39.0 Å². The maximum absolute atomic E-state index is 3.77. The van der Waals surface area contributed by atoms with Crippen LogP contribution in [0.25, 0.3) is 0 Å².